The standard InChI is InChI=1S/C36H45N3O5/c1-24(2)32(35(43)44-36(3,4)5)38-33(41)29(21-25-13-7-6-8-14-25)37-34(42)30-17-11-12-20-39(30)23-31(40)28-19-18-26-15-9-10-16-27(26)22-28/h6-10,13-16,18-19,22,24,29-30,32H,11-12,17,20-21,23H2,1-5H3,(H,37,42)(H,38,41)/t29-,30-,32-/m0/s1. The Morgan fingerprint density at radius 3 is 2.25 bits per heavy atom. The molecule has 0 radical (unpaired) electrons. The van der Waals surface area contributed by atoms with E-state index in [1.54, 1.807) is 20.8 Å². The largest absolute Gasteiger partial charge is 0.458 e. The first-order chi connectivity index (χ1) is 20.9. The predicted octanol–water partition coefficient (Wildman–Crippen LogP) is 5.09. The molecular weight excluding hydrogens is 554 g/mol. The number of benzene rings is 3. The topological polar surface area (TPSA) is 105 Å². The van der Waals surface area contributed by atoms with E-state index in [-0.39, 0.29) is 30.6 Å². The van der Waals surface area contributed by atoms with Gasteiger partial charge in [0.1, 0.15) is 17.7 Å². The fraction of sp³-hybridized carbons (Fsp3) is 0.444. The molecule has 3 aromatic carbocycles. The lowest BCUT2D eigenvalue weighted by Gasteiger charge is -2.35. The van der Waals surface area contributed by atoms with Gasteiger partial charge in [0.05, 0.1) is 12.6 Å². The molecule has 8 nitrogen and oxygen atoms in total. The van der Waals surface area contributed by atoms with Crippen LogP contribution in [0.5, 0.6) is 0 Å². The monoisotopic (exact) mass is 599 g/mol. The minimum atomic E-state index is -0.923. The van der Waals surface area contributed by atoms with Crippen LogP contribution in [-0.4, -0.2) is 65.3 Å². The summed E-state index contributed by atoms with van der Waals surface area (Å²) in [6.45, 7) is 9.74. The van der Waals surface area contributed by atoms with E-state index >= 15 is 0 Å². The summed E-state index contributed by atoms with van der Waals surface area (Å²) in [5, 5.41) is 7.88. The van der Waals surface area contributed by atoms with E-state index < -0.39 is 35.6 Å². The Hall–Kier alpha value is -4.04. The molecule has 0 aliphatic carbocycles. The van der Waals surface area contributed by atoms with Gasteiger partial charge in [-0.15, -0.1) is 0 Å². The Balaban J connectivity index is 1.50. The van der Waals surface area contributed by atoms with Crippen molar-refractivity contribution in [2.45, 2.75) is 84.0 Å². The lowest BCUT2D eigenvalue weighted by atomic mass is 9.98. The molecule has 0 bridgehead atoms. The van der Waals surface area contributed by atoms with Gasteiger partial charge in [0.15, 0.2) is 5.78 Å². The number of carbonyl (C=O) groups excluding carboxylic acids is 4. The fourth-order valence-electron chi connectivity index (χ4n) is 5.56. The smallest absolute Gasteiger partial charge is 0.329 e. The van der Waals surface area contributed by atoms with Crippen LogP contribution in [0.3, 0.4) is 0 Å². The molecule has 1 saturated heterocycles. The Morgan fingerprint density at radius 2 is 1.57 bits per heavy atom. The third-order valence-corrected chi connectivity index (χ3v) is 7.88. The number of hydrogen-bond acceptors (Lipinski definition) is 6. The molecule has 0 spiro atoms. The van der Waals surface area contributed by atoms with Crippen LogP contribution in [0.15, 0.2) is 72.8 Å². The minimum absolute atomic E-state index is 0.0498. The van der Waals surface area contributed by atoms with Crippen molar-refractivity contribution in [2.24, 2.45) is 5.92 Å². The number of ketones is 1. The van der Waals surface area contributed by atoms with Gasteiger partial charge in [-0.1, -0.05) is 87.0 Å². The van der Waals surface area contributed by atoms with Crippen molar-refractivity contribution in [3.8, 4) is 0 Å². The SMILES string of the molecule is CC(C)[C@H](NC(=O)[C@H](Cc1ccccc1)NC(=O)[C@@H]1CCCCN1CC(=O)c1ccc2ccccc2c1)C(=O)OC(C)(C)C. The summed E-state index contributed by atoms with van der Waals surface area (Å²) in [7, 11) is 0. The molecule has 44 heavy (non-hydrogen) atoms. The van der Waals surface area contributed by atoms with E-state index in [1.807, 2.05) is 91.5 Å². The number of nitrogens with zero attached hydrogens (tertiary/aromatic N) is 1. The maximum absolute atomic E-state index is 13.8. The lowest BCUT2D eigenvalue weighted by Crippen LogP contribution is -2.58. The van der Waals surface area contributed by atoms with Gasteiger partial charge in [0.2, 0.25) is 11.8 Å². The average Bonchev–Trinajstić information content (AvgIpc) is 2.98. The van der Waals surface area contributed by atoms with Crippen LogP contribution in [0.4, 0.5) is 0 Å². The minimum Gasteiger partial charge on any atom is -0.458 e. The van der Waals surface area contributed by atoms with Gasteiger partial charge in [0, 0.05) is 12.0 Å². The summed E-state index contributed by atoms with van der Waals surface area (Å²) in [5.74, 6) is -1.55. The number of carbonyl (C=O) groups is 4. The number of Topliss-reactive ketones (excluding diaryl/α,β-unsaturated/α-hetero) is 1. The Morgan fingerprint density at radius 1 is 0.886 bits per heavy atom. The number of ether oxygens (including phenoxy) is 1. The van der Waals surface area contributed by atoms with Crippen LogP contribution in [-0.2, 0) is 25.5 Å². The highest BCUT2D eigenvalue weighted by Crippen LogP contribution is 2.21. The van der Waals surface area contributed by atoms with Crippen molar-refractivity contribution in [1.82, 2.24) is 15.5 Å². The Kier molecular flexibility index (Phi) is 10.9. The zero-order valence-electron chi connectivity index (χ0n) is 26.5. The van der Waals surface area contributed by atoms with Crippen LogP contribution in [0.1, 0.15) is 69.8 Å². The van der Waals surface area contributed by atoms with Crippen molar-refractivity contribution in [2.75, 3.05) is 13.1 Å². The van der Waals surface area contributed by atoms with E-state index in [1.165, 1.54) is 0 Å². The molecule has 8 heteroatoms. The fourth-order valence-corrected chi connectivity index (χ4v) is 5.56. The van der Waals surface area contributed by atoms with Gasteiger partial charge in [-0.2, -0.15) is 0 Å². The Bertz CT molecular complexity index is 1460. The summed E-state index contributed by atoms with van der Waals surface area (Å²) in [5.41, 5.74) is 0.774. The van der Waals surface area contributed by atoms with Gasteiger partial charge >= 0.3 is 5.97 Å². The van der Waals surface area contributed by atoms with Crippen molar-refractivity contribution < 1.29 is 23.9 Å². The molecule has 1 aliphatic rings. The number of rotatable bonds is 11. The summed E-state index contributed by atoms with van der Waals surface area (Å²) in [6.07, 6.45) is 2.57. The zero-order valence-corrected chi connectivity index (χ0v) is 26.5. The second-order valence-corrected chi connectivity index (χ2v) is 13.0. The normalized spacial score (nSPS) is 17.1. The molecule has 4 rings (SSSR count). The molecule has 2 N–H and O–H groups in total. The number of nitrogens with one attached hydrogen (secondary N) is 2. The molecule has 1 heterocycles. The molecule has 3 atom stereocenters. The summed E-state index contributed by atoms with van der Waals surface area (Å²) < 4.78 is 5.57. The maximum atomic E-state index is 13.8. The van der Waals surface area contributed by atoms with Gasteiger partial charge < -0.3 is 15.4 Å². The molecule has 3 aromatic rings. The van der Waals surface area contributed by atoms with E-state index in [4.69, 9.17) is 4.74 Å². The van der Waals surface area contributed by atoms with Gasteiger partial charge in [-0.3, -0.25) is 19.3 Å². The number of amides is 2. The second kappa shape index (κ2) is 14.6. The highest BCUT2D eigenvalue weighted by Gasteiger charge is 2.35. The van der Waals surface area contributed by atoms with Gasteiger partial charge in [-0.05, 0) is 68.5 Å². The predicted molar refractivity (Wildman–Crippen MR) is 172 cm³/mol. The molecule has 0 unspecified atom stereocenters. The van der Waals surface area contributed by atoms with E-state index in [9.17, 15) is 19.2 Å². The van der Waals surface area contributed by atoms with E-state index in [0.717, 1.165) is 29.2 Å². The van der Waals surface area contributed by atoms with Crippen LogP contribution in [0, 0.1) is 5.92 Å². The van der Waals surface area contributed by atoms with Crippen LogP contribution in [0.25, 0.3) is 10.8 Å². The van der Waals surface area contributed by atoms with Crippen molar-refractivity contribution in [3.05, 3.63) is 83.9 Å². The molecular formula is C36H45N3O5. The van der Waals surface area contributed by atoms with Gasteiger partial charge in [0.25, 0.3) is 0 Å². The summed E-state index contributed by atoms with van der Waals surface area (Å²) >= 11 is 0. The molecule has 1 aliphatic heterocycles. The molecule has 234 valence electrons. The molecule has 0 saturated carbocycles. The van der Waals surface area contributed by atoms with E-state index in [0.29, 0.717) is 18.5 Å². The maximum Gasteiger partial charge on any atom is 0.329 e. The lowest BCUT2D eigenvalue weighted by molar-refractivity contribution is -0.160. The molecule has 0 aromatic heterocycles. The van der Waals surface area contributed by atoms with Crippen molar-refractivity contribution >= 4 is 34.3 Å². The summed E-state index contributed by atoms with van der Waals surface area (Å²) in [4.78, 5) is 55.8. The Labute approximate surface area is 260 Å². The first kappa shape index (κ1) is 32.9. The van der Waals surface area contributed by atoms with Crippen LogP contribution in [0.2, 0.25) is 0 Å². The number of esters is 1. The number of piperidine rings is 1. The highest BCUT2D eigenvalue weighted by molar-refractivity contribution is 6.01. The molecule has 1 fully saturated rings. The third-order valence-electron chi connectivity index (χ3n) is 7.88. The number of fused-ring (bicyclic) bond motifs is 1. The van der Waals surface area contributed by atoms with Crippen LogP contribution < -0.4 is 10.6 Å². The molecule has 2 amide bonds. The number of hydrogen-bond donors (Lipinski definition) is 2. The third kappa shape index (κ3) is 8.99. The highest BCUT2D eigenvalue weighted by atomic mass is 16.6. The van der Waals surface area contributed by atoms with Gasteiger partial charge in [-0.25, -0.2) is 4.79 Å². The second-order valence-electron chi connectivity index (χ2n) is 13.0. The van der Waals surface area contributed by atoms with Crippen molar-refractivity contribution in [1.29, 1.82) is 0 Å². The van der Waals surface area contributed by atoms with Crippen molar-refractivity contribution in [3.63, 3.8) is 0 Å². The zero-order chi connectivity index (χ0) is 31.9. The van der Waals surface area contributed by atoms with E-state index in [2.05, 4.69) is 10.6 Å². The quantitative estimate of drug-likeness (QED) is 0.235. The first-order valence-corrected chi connectivity index (χ1v) is 15.5. The number of likely N-dealkylation sites (tertiary alicyclic amines) is 1. The first-order valence-electron chi connectivity index (χ1n) is 15.5. The average molecular weight is 600 g/mol. The van der Waals surface area contributed by atoms with Crippen LogP contribution >= 0.6 is 0 Å². The summed E-state index contributed by atoms with van der Waals surface area (Å²) in [6, 6.07) is 20.7.